The molecule has 6 unspecified atom stereocenters. The molecular weight excluding hydrogens is 211 g/mol. The second kappa shape index (κ2) is 2.76. The van der Waals surface area contributed by atoms with Crippen molar-refractivity contribution in [3.05, 3.63) is 0 Å². The van der Waals surface area contributed by atoms with Gasteiger partial charge in [0, 0.05) is 18.8 Å². The molecule has 4 bridgehead atoms. The van der Waals surface area contributed by atoms with E-state index in [9.17, 15) is 0 Å². The molecule has 0 aromatic carbocycles. The molecule has 0 aliphatic carbocycles. The molecule has 0 N–H and O–H groups in total. The van der Waals surface area contributed by atoms with Crippen LogP contribution in [0.1, 0.15) is 33.6 Å². The molecule has 6 atom stereocenters. The molecule has 4 aliphatic heterocycles. The smallest absolute Gasteiger partial charge is 0.172 e. The molecule has 0 aromatic rings. The van der Waals surface area contributed by atoms with Gasteiger partial charge >= 0.3 is 0 Å². The predicted octanol–water partition coefficient (Wildman–Crippen LogP) is 1.91. The largest absolute Gasteiger partial charge is 0.346 e. The molecule has 4 rings (SSSR count). The van der Waals surface area contributed by atoms with Gasteiger partial charge in [0.2, 0.25) is 0 Å². The fourth-order valence-corrected chi connectivity index (χ4v) is 4.89. The Hall–Kier alpha value is 0.310. The van der Waals surface area contributed by atoms with Gasteiger partial charge in [-0.25, -0.2) is 0 Å². The first-order chi connectivity index (χ1) is 6.89. The average Bonchev–Trinajstić information content (AvgIpc) is 1.95. The van der Waals surface area contributed by atoms with Gasteiger partial charge in [-0.2, -0.15) is 0 Å². The third kappa shape index (κ3) is 1.27. The van der Waals surface area contributed by atoms with Gasteiger partial charge in [0.1, 0.15) is 0 Å². The number of hydrogen-bond acceptors (Lipinski definition) is 3. The van der Waals surface area contributed by atoms with Crippen LogP contribution >= 0.6 is 9.24 Å². The molecule has 4 heteroatoms. The minimum absolute atomic E-state index is 0.0692. The van der Waals surface area contributed by atoms with Crippen molar-refractivity contribution < 1.29 is 14.2 Å². The quantitative estimate of drug-likeness (QED) is 0.644. The second-order valence-electron chi connectivity index (χ2n) is 5.70. The van der Waals surface area contributed by atoms with Crippen molar-refractivity contribution in [3.63, 3.8) is 0 Å². The SMILES string of the molecule is CC12CC3(C)OC(CC(C)(O1)C3CP)O2. The van der Waals surface area contributed by atoms with E-state index in [-0.39, 0.29) is 17.5 Å². The predicted molar refractivity (Wildman–Crippen MR) is 59.6 cm³/mol. The molecule has 4 aliphatic rings. The first kappa shape index (κ1) is 10.5. The highest BCUT2D eigenvalue weighted by atomic mass is 31.0. The molecule has 4 fully saturated rings. The molecule has 3 nitrogen and oxygen atoms in total. The van der Waals surface area contributed by atoms with Gasteiger partial charge in [-0.05, 0) is 26.9 Å². The van der Waals surface area contributed by atoms with E-state index in [4.69, 9.17) is 14.2 Å². The standard InChI is InChI=1S/C11H19O3P/c1-9-4-8-12-10(2,7(9)5-15)6-11(3,13-8)14-9/h7-8H,4-6,15H2,1-3H3. The lowest BCUT2D eigenvalue weighted by Crippen LogP contribution is -2.74. The lowest BCUT2D eigenvalue weighted by molar-refractivity contribution is -0.491. The summed E-state index contributed by atoms with van der Waals surface area (Å²) in [4.78, 5) is 0. The normalized spacial score (nSPS) is 62.4. The average molecular weight is 230 g/mol. The zero-order chi connectivity index (χ0) is 10.9. The molecule has 15 heavy (non-hydrogen) atoms. The van der Waals surface area contributed by atoms with Crippen LogP contribution in [0.5, 0.6) is 0 Å². The summed E-state index contributed by atoms with van der Waals surface area (Å²) in [6.45, 7) is 6.45. The van der Waals surface area contributed by atoms with Gasteiger partial charge in [0.15, 0.2) is 12.1 Å². The maximum absolute atomic E-state index is 6.15. The zero-order valence-corrected chi connectivity index (χ0v) is 10.7. The maximum atomic E-state index is 6.15. The molecule has 0 aromatic heterocycles. The maximum Gasteiger partial charge on any atom is 0.172 e. The minimum atomic E-state index is -0.430. The summed E-state index contributed by atoms with van der Waals surface area (Å²) in [7, 11) is 2.83. The Labute approximate surface area is 93.0 Å². The molecule has 4 saturated heterocycles. The summed E-state index contributed by atoms with van der Waals surface area (Å²) in [6, 6.07) is 0. The van der Waals surface area contributed by atoms with Crippen LogP contribution in [-0.4, -0.2) is 29.4 Å². The van der Waals surface area contributed by atoms with E-state index in [0.717, 1.165) is 19.0 Å². The van der Waals surface area contributed by atoms with Crippen LogP contribution in [0.3, 0.4) is 0 Å². The Morgan fingerprint density at radius 1 is 1.20 bits per heavy atom. The molecule has 0 saturated carbocycles. The third-order valence-electron chi connectivity index (χ3n) is 4.18. The van der Waals surface area contributed by atoms with Crippen molar-refractivity contribution >= 4 is 9.24 Å². The van der Waals surface area contributed by atoms with Crippen LogP contribution in [0, 0.1) is 5.92 Å². The van der Waals surface area contributed by atoms with Crippen LogP contribution in [0.15, 0.2) is 0 Å². The fraction of sp³-hybridized carbons (Fsp3) is 1.00. The summed E-state index contributed by atoms with van der Waals surface area (Å²) < 4.78 is 18.0. The van der Waals surface area contributed by atoms with Crippen LogP contribution in [0.4, 0.5) is 0 Å². The molecule has 4 heterocycles. The first-order valence-corrected chi connectivity index (χ1v) is 6.47. The molecular formula is C11H19O3P. The van der Waals surface area contributed by atoms with E-state index in [0.29, 0.717) is 5.92 Å². The minimum Gasteiger partial charge on any atom is -0.346 e. The van der Waals surface area contributed by atoms with Crippen LogP contribution < -0.4 is 0 Å². The summed E-state index contributed by atoms with van der Waals surface area (Å²) in [5.74, 6) is 0.0179. The third-order valence-corrected chi connectivity index (χ3v) is 4.66. The molecule has 0 amide bonds. The van der Waals surface area contributed by atoms with Gasteiger partial charge < -0.3 is 14.2 Å². The van der Waals surface area contributed by atoms with Crippen molar-refractivity contribution in [2.45, 2.75) is 56.9 Å². The van der Waals surface area contributed by atoms with E-state index in [1.165, 1.54) is 0 Å². The summed E-state index contributed by atoms with van der Waals surface area (Å²) in [5.41, 5.74) is -0.157. The van der Waals surface area contributed by atoms with E-state index < -0.39 is 5.79 Å². The highest BCUT2D eigenvalue weighted by Crippen LogP contribution is 2.58. The van der Waals surface area contributed by atoms with Crippen molar-refractivity contribution in [3.8, 4) is 0 Å². The van der Waals surface area contributed by atoms with Gasteiger partial charge in [-0.1, -0.05) is 0 Å². The zero-order valence-electron chi connectivity index (χ0n) is 9.58. The Kier molecular flexibility index (Phi) is 1.92. The van der Waals surface area contributed by atoms with Crippen LogP contribution in [0.25, 0.3) is 0 Å². The second-order valence-corrected chi connectivity index (χ2v) is 6.17. The molecule has 0 radical (unpaired) electrons. The van der Waals surface area contributed by atoms with E-state index >= 15 is 0 Å². The highest BCUT2D eigenvalue weighted by Gasteiger charge is 2.66. The number of hydrogen-bond donors (Lipinski definition) is 0. The number of rotatable bonds is 1. The van der Waals surface area contributed by atoms with E-state index in [1.54, 1.807) is 0 Å². The molecule has 0 spiro atoms. The van der Waals surface area contributed by atoms with Crippen molar-refractivity contribution in [1.29, 1.82) is 0 Å². The Bertz CT molecular complexity index is 286. The van der Waals surface area contributed by atoms with Crippen LogP contribution in [-0.2, 0) is 14.2 Å². The summed E-state index contributed by atoms with van der Waals surface area (Å²) in [6.07, 6.45) is 2.65. The van der Waals surface area contributed by atoms with Gasteiger partial charge in [0.25, 0.3) is 0 Å². The van der Waals surface area contributed by atoms with Gasteiger partial charge in [-0.3, -0.25) is 0 Å². The lowest BCUT2D eigenvalue weighted by Gasteiger charge is -2.66. The van der Waals surface area contributed by atoms with E-state index in [2.05, 4.69) is 23.1 Å². The summed E-state index contributed by atoms with van der Waals surface area (Å²) in [5, 5.41) is 0. The monoisotopic (exact) mass is 230 g/mol. The summed E-state index contributed by atoms with van der Waals surface area (Å²) >= 11 is 0. The van der Waals surface area contributed by atoms with Crippen molar-refractivity contribution in [1.82, 2.24) is 0 Å². The Morgan fingerprint density at radius 2 is 1.93 bits per heavy atom. The van der Waals surface area contributed by atoms with Gasteiger partial charge in [-0.15, -0.1) is 9.24 Å². The van der Waals surface area contributed by atoms with Crippen molar-refractivity contribution in [2.24, 2.45) is 5.92 Å². The van der Waals surface area contributed by atoms with E-state index in [1.807, 2.05) is 6.92 Å². The lowest BCUT2D eigenvalue weighted by atomic mass is 9.67. The number of ether oxygens (including phenoxy) is 3. The van der Waals surface area contributed by atoms with Crippen LogP contribution in [0.2, 0.25) is 0 Å². The topological polar surface area (TPSA) is 27.7 Å². The van der Waals surface area contributed by atoms with Gasteiger partial charge in [0.05, 0.1) is 11.2 Å². The van der Waals surface area contributed by atoms with Crippen molar-refractivity contribution in [2.75, 3.05) is 6.16 Å². The Morgan fingerprint density at radius 3 is 2.47 bits per heavy atom. The molecule has 86 valence electrons. The Balaban J connectivity index is 2.05. The highest BCUT2D eigenvalue weighted by molar-refractivity contribution is 7.16. The first-order valence-electron chi connectivity index (χ1n) is 5.65. The fourth-order valence-electron chi connectivity index (χ4n) is 3.90.